The number of hydrogen-bond acceptors (Lipinski definition) is 4. The monoisotopic (exact) mass is 394 g/mol. The molecule has 1 amide bonds. The number of aromatic nitrogens is 1. The average Bonchev–Trinajstić information content (AvgIpc) is 2.75. The van der Waals surface area contributed by atoms with Crippen LogP contribution in [0.4, 0.5) is 26.0 Å². The number of piperazine rings is 1. The number of hydrogen-bond donors (Lipinski definition) is 1. The maximum Gasteiger partial charge on any atom is 0.255 e. The second-order valence-corrected chi connectivity index (χ2v) is 6.82. The van der Waals surface area contributed by atoms with E-state index >= 15 is 0 Å². The summed E-state index contributed by atoms with van der Waals surface area (Å²) in [5, 5.41) is 2.76. The maximum atomic E-state index is 13.1. The van der Waals surface area contributed by atoms with Gasteiger partial charge in [-0.3, -0.25) is 4.79 Å². The smallest absolute Gasteiger partial charge is 0.255 e. The Kier molecular flexibility index (Phi) is 5.37. The van der Waals surface area contributed by atoms with E-state index in [0.717, 1.165) is 37.7 Å². The first kappa shape index (κ1) is 18.9. The molecule has 1 aliphatic heterocycles. The second kappa shape index (κ2) is 8.26. The van der Waals surface area contributed by atoms with Gasteiger partial charge >= 0.3 is 0 Å². The third-order valence-electron chi connectivity index (χ3n) is 4.91. The predicted molar refractivity (Wildman–Crippen MR) is 109 cm³/mol. The van der Waals surface area contributed by atoms with Crippen LogP contribution in [-0.4, -0.2) is 37.1 Å². The minimum absolute atomic E-state index is 0.233. The fourth-order valence-corrected chi connectivity index (χ4v) is 3.30. The Morgan fingerprint density at radius 3 is 1.97 bits per heavy atom. The van der Waals surface area contributed by atoms with Crippen LogP contribution in [-0.2, 0) is 0 Å². The molecule has 0 bridgehead atoms. The number of amides is 1. The molecule has 2 aromatic carbocycles. The minimum Gasteiger partial charge on any atom is -0.368 e. The molecule has 0 unspecified atom stereocenters. The van der Waals surface area contributed by atoms with Crippen LogP contribution in [0.1, 0.15) is 10.4 Å². The molecule has 1 aliphatic rings. The number of benzene rings is 2. The average molecular weight is 394 g/mol. The molecule has 0 atom stereocenters. The largest absolute Gasteiger partial charge is 0.368 e. The van der Waals surface area contributed by atoms with Crippen molar-refractivity contribution in [2.75, 3.05) is 41.3 Å². The Balaban J connectivity index is 1.34. The molecule has 0 saturated carbocycles. The van der Waals surface area contributed by atoms with Crippen molar-refractivity contribution in [1.29, 1.82) is 0 Å². The zero-order valence-electron chi connectivity index (χ0n) is 15.7. The Hall–Kier alpha value is -3.48. The summed E-state index contributed by atoms with van der Waals surface area (Å²) in [7, 11) is 0. The number of pyridine rings is 1. The molecule has 148 valence electrons. The van der Waals surface area contributed by atoms with Crippen molar-refractivity contribution in [3.8, 4) is 0 Å². The third-order valence-corrected chi connectivity index (χ3v) is 4.91. The fourth-order valence-electron chi connectivity index (χ4n) is 3.30. The molecule has 1 aromatic heterocycles. The highest BCUT2D eigenvalue weighted by Crippen LogP contribution is 2.21. The zero-order chi connectivity index (χ0) is 20.2. The molecular formula is C22H20F2N4O. The van der Waals surface area contributed by atoms with E-state index in [2.05, 4.69) is 20.1 Å². The van der Waals surface area contributed by atoms with Crippen LogP contribution in [0.5, 0.6) is 0 Å². The van der Waals surface area contributed by atoms with E-state index in [9.17, 15) is 13.6 Å². The first-order valence-electron chi connectivity index (χ1n) is 9.37. The molecule has 1 fully saturated rings. The molecule has 3 aromatic rings. The lowest BCUT2D eigenvalue weighted by Crippen LogP contribution is -2.46. The first-order valence-corrected chi connectivity index (χ1v) is 9.37. The van der Waals surface area contributed by atoms with Crippen molar-refractivity contribution >= 4 is 23.1 Å². The Labute approximate surface area is 167 Å². The van der Waals surface area contributed by atoms with Gasteiger partial charge in [0.1, 0.15) is 17.5 Å². The molecule has 5 nitrogen and oxygen atoms in total. The summed E-state index contributed by atoms with van der Waals surface area (Å²) >= 11 is 0. The third kappa shape index (κ3) is 4.51. The molecule has 0 aliphatic carbocycles. The van der Waals surface area contributed by atoms with E-state index in [0.29, 0.717) is 11.3 Å². The highest BCUT2D eigenvalue weighted by Gasteiger charge is 2.18. The van der Waals surface area contributed by atoms with Gasteiger partial charge in [-0.05, 0) is 60.7 Å². The van der Waals surface area contributed by atoms with E-state index in [1.54, 1.807) is 24.4 Å². The summed E-state index contributed by atoms with van der Waals surface area (Å²) in [5.74, 6) is -0.0914. The van der Waals surface area contributed by atoms with Crippen LogP contribution in [0.15, 0.2) is 66.9 Å². The van der Waals surface area contributed by atoms with Gasteiger partial charge in [-0.1, -0.05) is 0 Å². The lowest BCUT2D eigenvalue weighted by molar-refractivity contribution is 0.102. The molecule has 0 radical (unpaired) electrons. The van der Waals surface area contributed by atoms with Crippen molar-refractivity contribution in [3.05, 3.63) is 84.1 Å². The predicted octanol–water partition coefficient (Wildman–Crippen LogP) is 3.94. The van der Waals surface area contributed by atoms with Gasteiger partial charge in [0, 0.05) is 37.4 Å². The van der Waals surface area contributed by atoms with E-state index < -0.39 is 0 Å². The summed E-state index contributed by atoms with van der Waals surface area (Å²) in [5.41, 5.74) is 1.97. The van der Waals surface area contributed by atoms with Crippen molar-refractivity contribution in [2.45, 2.75) is 0 Å². The summed E-state index contributed by atoms with van der Waals surface area (Å²) in [4.78, 5) is 21.0. The van der Waals surface area contributed by atoms with Gasteiger partial charge < -0.3 is 15.1 Å². The molecule has 1 saturated heterocycles. The summed E-state index contributed by atoms with van der Waals surface area (Å²) < 4.78 is 26.1. The van der Waals surface area contributed by atoms with E-state index in [1.807, 2.05) is 6.07 Å². The Morgan fingerprint density at radius 1 is 0.793 bits per heavy atom. The Bertz CT molecular complexity index is 967. The highest BCUT2D eigenvalue weighted by atomic mass is 19.1. The first-order chi connectivity index (χ1) is 14.1. The number of rotatable bonds is 4. The number of nitrogens with one attached hydrogen (secondary N) is 1. The van der Waals surface area contributed by atoms with Crippen LogP contribution in [0.2, 0.25) is 0 Å². The quantitative estimate of drug-likeness (QED) is 0.728. The van der Waals surface area contributed by atoms with Gasteiger partial charge in [0.15, 0.2) is 0 Å². The molecule has 1 N–H and O–H groups in total. The minimum atomic E-state index is -0.382. The fraction of sp³-hybridized carbons (Fsp3) is 0.182. The van der Waals surface area contributed by atoms with Gasteiger partial charge in [0.25, 0.3) is 5.91 Å². The van der Waals surface area contributed by atoms with Gasteiger partial charge in [-0.25, -0.2) is 13.8 Å². The van der Waals surface area contributed by atoms with E-state index in [-0.39, 0.29) is 17.5 Å². The molecule has 2 heterocycles. The molecule has 29 heavy (non-hydrogen) atoms. The lowest BCUT2D eigenvalue weighted by Gasteiger charge is -2.36. The van der Waals surface area contributed by atoms with Crippen LogP contribution in [0.3, 0.4) is 0 Å². The number of carbonyl (C=O) groups excluding carboxylic acids is 1. The summed E-state index contributed by atoms with van der Waals surface area (Å²) in [6.07, 6.45) is 1.61. The maximum absolute atomic E-state index is 13.1. The van der Waals surface area contributed by atoms with Crippen molar-refractivity contribution in [1.82, 2.24) is 4.98 Å². The summed E-state index contributed by atoms with van der Waals surface area (Å²) in [6, 6.07) is 15.6. The molecule has 0 spiro atoms. The topological polar surface area (TPSA) is 48.5 Å². The van der Waals surface area contributed by atoms with Crippen LogP contribution < -0.4 is 15.1 Å². The van der Waals surface area contributed by atoms with Crippen LogP contribution >= 0.6 is 0 Å². The zero-order valence-corrected chi connectivity index (χ0v) is 15.7. The highest BCUT2D eigenvalue weighted by molar-refractivity contribution is 6.04. The van der Waals surface area contributed by atoms with Gasteiger partial charge in [-0.2, -0.15) is 0 Å². The van der Waals surface area contributed by atoms with E-state index in [4.69, 9.17) is 0 Å². The molecule has 4 rings (SSSR count). The van der Waals surface area contributed by atoms with E-state index in [1.165, 1.54) is 36.4 Å². The van der Waals surface area contributed by atoms with Crippen LogP contribution in [0, 0.1) is 11.6 Å². The normalized spacial score (nSPS) is 14.0. The van der Waals surface area contributed by atoms with Crippen LogP contribution in [0.25, 0.3) is 0 Å². The standard InChI is InChI=1S/C22H20F2N4O/c23-17-3-1-16(2-4-17)22(29)26-19-7-10-21(25-15-19)28-13-11-27(12-14-28)20-8-5-18(24)6-9-20/h1-10,15H,11-14H2,(H,26,29). The lowest BCUT2D eigenvalue weighted by atomic mass is 10.2. The number of anilines is 3. The van der Waals surface area contributed by atoms with Gasteiger partial charge in [0.05, 0.1) is 11.9 Å². The van der Waals surface area contributed by atoms with Gasteiger partial charge in [-0.15, -0.1) is 0 Å². The molecule has 7 heteroatoms. The van der Waals surface area contributed by atoms with Crippen molar-refractivity contribution in [2.24, 2.45) is 0 Å². The van der Waals surface area contributed by atoms with Gasteiger partial charge in [0.2, 0.25) is 0 Å². The SMILES string of the molecule is O=C(Nc1ccc(N2CCN(c3ccc(F)cc3)CC2)nc1)c1ccc(F)cc1. The Morgan fingerprint density at radius 2 is 1.38 bits per heavy atom. The number of nitrogens with zero attached hydrogens (tertiary/aromatic N) is 3. The molecular weight excluding hydrogens is 374 g/mol. The number of carbonyl (C=O) groups is 1. The second-order valence-electron chi connectivity index (χ2n) is 6.82. The van der Waals surface area contributed by atoms with Crippen molar-refractivity contribution < 1.29 is 13.6 Å². The number of halogens is 2. The summed E-state index contributed by atoms with van der Waals surface area (Å²) in [6.45, 7) is 3.23. The van der Waals surface area contributed by atoms with Crippen molar-refractivity contribution in [3.63, 3.8) is 0 Å².